The van der Waals surface area contributed by atoms with Crippen LogP contribution in [0, 0.1) is 29.1 Å². The Hall–Kier alpha value is -0.470. The molecular weight excluding hydrogens is 419 g/mol. The fraction of sp³-hybridized carbons (Fsp3) is 0.0909. The van der Waals surface area contributed by atoms with Crippen LogP contribution in [0.3, 0.4) is 0 Å². The third-order valence-corrected chi connectivity index (χ3v) is 5.53. The van der Waals surface area contributed by atoms with Crippen molar-refractivity contribution >= 4 is 43.2 Å². The standard InChI is InChI=1S/C11H3Br2F5S/c12-3-1-2-19-11(3)5(13)4-6(14)8(16)10(18)9(17)7(4)15/h1-2,5H. The molecule has 0 saturated carbocycles. The topological polar surface area (TPSA) is 0 Å². The van der Waals surface area contributed by atoms with E-state index in [0.29, 0.717) is 9.35 Å². The molecule has 0 saturated heterocycles. The minimum Gasteiger partial charge on any atom is -0.203 e. The molecule has 1 aromatic heterocycles. The number of halogens is 7. The summed E-state index contributed by atoms with van der Waals surface area (Å²) >= 11 is 7.22. The molecule has 0 fully saturated rings. The van der Waals surface area contributed by atoms with Gasteiger partial charge in [0, 0.05) is 14.9 Å². The van der Waals surface area contributed by atoms with Gasteiger partial charge in [-0.1, -0.05) is 15.9 Å². The smallest absolute Gasteiger partial charge is 0.200 e. The van der Waals surface area contributed by atoms with Crippen molar-refractivity contribution in [2.75, 3.05) is 0 Å². The molecule has 0 aliphatic carbocycles. The zero-order valence-electron chi connectivity index (χ0n) is 8.79. The molecule has 1 heterocycles. The minimum absolute atomic E-state index is 0.406. The fourth-order valence-electron chi connectivity index (χ4n) is 1.46. The van der Waals surface area contributed by atoms with Crippen LogP contribution in [-0.2, 0) is 0 Å². The number of alkyl halides is 1. The second-order valence-corrected chi connectivity index (χ2v) is 6.20. The first-order valence-electron chi connectivity index (χ1n) is 4.74. The molecule has 2 aromatic rings. The Morgan fingerprint density at radius 3 is 1.79 bits per heavy atom. The van der Waals surface area contributed by atoms with Gasteiger partial charge in [-0.3, -0.25) is 0 Å². The summed E-state index contributed by atoms with van der Waals surface area (Å²) in [5.74, 6) is -9.74. The summed E-state index contributed by atoms with van der Waals surface area (Å²) in [7, 11) is 0. The van der Waals surface area contributed by atoms with Gasteiger partial charge in [0.15, 0.2) is 23.3 Å². The Labute approximate surface area is 125 Å². The molecule has 0 amide bonds. The molecule has 19 heavy (non-hydrogen) atoms. The lowest BCUT2D eigenvalue weighted by molar-refractivity contribution is 0.371. The molecule has 0 nitrogen and oxygen atoms in total. The normalized spacial score (nSPS) is 12.8. The van der Waals surface area contributed by atoms with E-state index in [4.69, 9.17) is 0 Å². The average Bonchev–Trinajstić information content (AvgIpc) is 2.80. The molecule has 1 unspecified atom stereocenters. The fourth-order valence-corrected chi connectivity index (χ4v) is 4.33. The second kappa shape index (κ2) is 5.49. The first-order chi connectivity index (χ1) is 8.86. The van der Waals surface area contributed by atoms with Gasteiger partial charge in [-0.2, -0.15) is 0 Å². The summed E-state index contributed by atoms with van der Waals surface area (Å²) in [5.41, 5.74) is -0.903. The van der Waals surface area contributed by atoms with Crippen molar-refractivity contribution in [2.45, 2.75) is 4.83 Å². The maximum absolute atomic E-state index is 13.6. The summed E-state index contributed by atoms with van der Waals surface area (Å²) in [5, 5.41) is 1.62. The van der Waals surface area contributed by atoms with Gasteiger partial charge in [0.1, 0.15) is 0 Å². The van der Waals surface area contributed by atoms with Crippen LogP contribution in [0.1, 0.15) is 15.3 Å². The predicted molar refractivity (Wildman–Crippen MR) is 69.0 cm³/mol. The molecule has 0 spiro atoms. The van der Waals surface area contributed by atoms with Crippen molar-refractivity contribution in [2.24, 2.45) is 0 Å². The van der Waals surface area contributed by atoms with Crippen molar-refractivity contribution in [3.05, 3.63) is 55.4 Å². The van der Waals surface area contributed by atoms with Crippen molar-refractivity contribution < 1.29 is 22.0 Å². The molecule has 1 aromatic carbocycles. The van der Waals surface area contributed by atoms with E-state index in [0.717, 1.165) is 11.3 Å². The maximum Gasteiger partial charge on any atom is 0.200 e. The maximum atomic E-state index is 13.6. The van der Waals surface area contributed by atoms with Crippen molar-refractivity contribution in [3.63, 3.8) is 0 Å². The van der Waals surface area contributed by atoms with Gasteiger partial charge in [-0.25, -0.2) is 22.0 Å². The van der Waals surface area contributed by atoms with Gasteiger partial charge in [0.25, 0.3) is 0 Å². The Bertz CT molecular complexity index is 611. The van der Waals surface area contributed by atoms with E-state index in [1.807, 2.05) is 0 Å². The van der Waals surface area contributed by atoms with Gasteiger partial charge in [0.2, 0.25) is 5.82 Å². The summed E-state index contributed by atoms with van der Waals surface area (Å²) < 4.78 is 66.9. The lowest BCUT2D eigenvalue weighted by atomic mass is 10.1. The van der Waals surface area contributed by atoms with Crippen LogP contribution < -0.4 is 0 Å². The Morgan fingerprint density at radius 1 is 0.895 bits per heavy atom. The van der Waals surface area contributed by atoms with Gasteiger partial charge in [0.05, 0.1) is 4.83 Å². The van der Waals surface area contributed by atoms with Crippen molar-refractivity contribution in [1.82, 2.24) is 0 Å². The zero-order chi connectivity index (χ0) is 14.3. The van der Waals surface area contributed by atoms with Gasteiger partial charge < -0.3 is 0 Å². The Balaban J connectivity index is 2.67. The van der Waals surface area contributed by atoms with Crippen LogP contribution in [0.15, 0.2) is 15.9 Å². The third-order valence-electron chi connectivity index (χ3n) is 2.37. The lowest BCUT2D eigenvalue weighted by Crippen LogP contribution is -2.09. The van der Waals surface area contributed by atoms with Crippen LogP contribution in [0.2, 0.25) is 0 Å². The predicted octanol–water partition coefficient (Wildman–Crippen LogP) is 5.69. The van der Waals surface area contributed by atoms with Crippen LogP contribution in [-0.4, -0.2) is 0 Å². The molecule has 0 N–H and O–H groups in total. The molecule has 0 aliphatic heterocycles. The number of thiophene rings is 1. The molecule has 2 rings (SSSR count). The van der Waals surface area contributed by atoms with E-state index in [9.17, 15) is 22.0 Å². The van der Waals surface area contributed by atoms with Crippen molar-refractivity contribution in [3.8, 4) is 0 Å². The monoisotopic (exact) mass is 420 g/mol. The van der Waals surface area contributed by atoms with E-state index in [1.54, 1.807) is 11.4 Å². The second-order valence-electron chi connectivity index (χ2n) is 3.48. The Morgan fingerprint density at radius 2 is 1.37 bits per heavy atom. The van der Waals surface area contributed by atoms with E-state index in [2.05, 4.69) is 31.9 Å². The molecular formula is C11H3Br2F5S. The average molecular weight is 422 g/mol. The molecule has 0 aliphatic rings. The van der Waals surface area contributed by atoms with E-state index < -0.39 is 39.5 Å². The minimum atomic E-state index is -2.16. The lowest BCUT2D eigenvalue weighted by Gasteiger charge is -2.13. The summed E-state index contributed by atoms with van der Waals surface area (Å²) in [6.07, 6.45) is 0. The van der Waals surface area contributed by atoms with Crippen LogP contribution in [0.4, 0.5) is 22.0 Å². The zero-order valence-corrected chi connectivity index (χ0v) is 12.8. The molecule has 102 valence electrons. The highest BCUT2D eigenvalue weighted by atomic mass is 79.9. The van der Waals surface area contributed by atoms with E-state index in [-0.39, 0.29) is 0 Å². The molecule has 0 bridgehead atoms. The van der Waals surface area contributed by atoms with Gasteiger partial charge in [-0.05, 0) is 27.4 Å². The molecule has 8 heteroatoms. The first-order valence-corrected chi connectivity index (χ1v) is 7.33. The van der Waals surface area contributed by atoms with Crippen LogP contribution in [0.5, 0.6) is 0 Å². The summed E-state index contributed by atoms with van der Waals surface area (Å²) in [6, 6.07) is 1.61. The van der Waals surface area contributed by atoms with E-state index >= 15 is 0 Å². The largest absolute Gasteiger partial charge is 0.203 e. The highest BCUT2D eigenvalue weighted by Crippen LogP contribution is 2.42. The first kappa shape index (κ1) is 14.9. The summed E-state index contributed by atoms with van der Waals surface area (Å²) in [4.78, 5) is -0.727. The van der Waals surface area contributed by atoms with E-state index in [1.165, 1.54) is 0 Å². The van der Waals surface area contributed by atoms with Gasteiger partial charge >= 0.3 is 0 Å². The number of rotatable bonds is 2. The van der Waals surface area contributed by atoms with Crippen LogP contribution in [0.25, 0.3) is 0 Å². The number of hydrogen-bond acceptors (Lipinski definition) is 1. The third kappa shape index (κ3) is 2.45. The van der Waals surface area contributed by atoms with Crippen LogP contribution >= 0.6 is 43.2 Å². The molecule has 0 radical (unpaired) electrons. The highest BCUT2D eigenvalue weighted by Gasteiger charge is 2.31. The number of hydrogen-bond donors (Lipinski definition) is 0. The number of benzene rings is 1. The van der Waals surface area contributed by atoms with Crippen molar-refractivity contribution in [1.29, 1.82) is 0 Å². The SMILES string of the molecule is Fc1c(F)c(F)c(C(Br)c2sccc2Br)c(F)c1F. The quantitative estimate of drug-likeness (QED) is 0.253. The highest BCUT2D eigenvalue weighted by molar-refractivity contribution is 9.11. The van der Waals surface area contributed by atoms with Gasteiger partial charge in [-0.15, -0.1) is 11.3 Å². The Kier molecular flexibility index (Phi) is 4.32. The summed E-state index contributed by atoms with van der Waals surface area (Å²) in [6.45, 7) is 0. The molecule has 1 atom stereocenters.